The molecule has 0 saturated carbocycles. The number of anilines is 1. The number of nitriles is 1. The quantitative estimate of drug-likeness (QED) is 0.769. The largest absolute Gasteiger partial charge is 0.494 e. The summed E-state index contributed by atoms with van der Waals surface area (Å²) < 4.78 is 28.5. The normalized spacial score (nSPS) is 10.1. The van der Waals surface area contributed by atoms with Gasteiger partial charge in [0.15, 0.2) is 11.6 Å². The van der Waals surface area contributed by atoms with Gasteiger partial charge in [-0.05, 0) is 25.1 Å². The Hall–Kier alpha value is -3.12. The predicted molar refractivity (Wildman–Crippen MR) is 91.5 cm³/mol. The number of nitrogens with zero attached hydrogens (tertiary/aromatic N) is 1. The van der Waals surface area contributed by atoms with Crippen molar-refractivity contribution in [1.29, 1.82) is 5.26 Å². The fraction of sp³-hybridized carbons (Fsp3) is 0.235. The smallest absolute Gasteiger partial charge is 0.348 e. The van der Waals surface area contributed by atoms with Crippen LogP contribution >= 0.6 is 11.3 Å². The van der Waals surface area contributed by atoms with Gasteiger partial charge in [-0.1, -0.05) is 0 Å². The van der Waals surface area contributed by atoms with Gasteiger partial charge in [0.25, 0.3) is 0 Å². The van der Waals surface area contributed by atoms with Crippen molar-refractivity contribution in [3.63, 3.8) is 0 Å². The molecule has 2 rings (SSSR count). The molecule has 2 aromatic rings. The second-order valence-electron chi connectivity index (χ2n) is 4.91. The monoisotopic (exact) mass is 378 g/mol. The van der Waals surface area contributed by atoms with Crippen LogP contribution in [0.5, 0.6) is 5.75 Å². The molecule has 0 aliphatic heterocycles. The van der Waals surface area contributed by atoms with E-state index in [1.165, 1.54) is 19.2 Å². The molecule has 7 nitrogen and oxygen atoms in total. The van der Waals surface area contributed by atoms with E-state index in [2.05, 4.69) is 0 Å². The second-order valence-corrected chi connectivity index (χ2v) is 5.96. The summed E-state index contributed by atoms with van der Waals surface area (Å²) in [6, 6.07) is 5.48. The summed E-state index contributed by atoms with van der Waals surface area (Å²) in [4.78, 5) is 24.2. The van der Waals surface area contributed by atoms with E-state index in [0.29, 0.717) is 0 Å². The summed E-state index contributed by atoms with van der Waals surface area (Å²) in [7, 11) is 1.30. The van der Waals surface area contributed by atoms with Crippen molar-refractivity contribution >= 4 is 28.3 Å². The van der Waals surface area contributed by atoms with E-state index in [9.17, 15) is 19.2 Å². The Balaban J connectivity index is 2.23. The molecule has 0 spiro atoms. The predicted octanol–water partition coefficient (Wildman–Crippen LogP) is 2.88. The molecule has 0 aliphatic carbocycles. The minimum absolute atomic E-state index is 0.0106. The summed E-state index contributed by atoms with van der Waals surface area (Å²) in [5.74, 6) is -2.21. The lowest BCUT2D eigenvalue weighted by Crippen LogP contribution is -2.10. The molecule has 0 bridgehead atoms. The van der Waals surface area contributed by atoms with Gasteiger partial charge in [0.1, 0.15) is 22.6 Å². The number of ether oxygens (including phenoxy) is 3. The molecule has 1 aromatic carbocycles. The Bertz CT molecular complexity index is 888. The first-order valence-electron chi connectivity index (χ1n) is 7.41. The Kier molecular flexibility index (Phi) is 6.14. The number of carbonyl (C=O) groups excluding carboxylic acids is 2. The Morgan fingerprint density at radius 2 is 2.04 bits per heavy atom. The standard InChI is InChI=1S/C17H15FN2O5S/c1-3-24-17(22)14-11(10(7-19)15(20)26-14)8-25-16(21)9-4-5-13(23-2)12(18)6-9/h4-6H,3,8,20H2,1-2H3. The van der Waals surface area contributed by atoms with Crippen molar-refractivity contribution in [2.24, 2.45) is 0 Å². The van der Waals surface area contributed by atoms with Crippen molar-refractivity contribution in [2.45, 2.75) is 13.5 Å². The van der Waals surface area contributed by atoms with Gasteiger partial charge in [-0.25, -0.2) is 14.0 Å². The number of halogens is 1. The van der Waals surface area contributed by atoms with Crippen LogP contribution in [0.1, 0.15) is 38.1 Å². The maximum Gasteiger partial charge on any atom is 0.348 e. The SMILES string of the molecule is CCOC(=O)c1sc(N)c(C#N)c1COC(=O)c1ccc(OC)c(F)c1. The van der Waals surface area contributed by atoms with Crippen LogP contribution in [-0.4, -0.2) is 25.7 Å². The number of rotatable bonds is 6. The van der Waals surface area contributed by atoms with Gasteiger partial charge in [0.2, 0.25) is 0 Å². The molecule has 1 aromatic heterocycles. The van der Waals surface area contributed by atoms with Gasteiger partial charge in [-0.15, -0.1) is 11.3 Å². The number of benzene rings is 1. The average molecular weight is 378 g/mol. The second kappa shape index (κ2) is 8.31. The van der Waals surface area contributed by atoms with E-state index in [1.54, 1.807) is 6.92 Å². The van der Waals surface area contributed by atoms with E-state index < -0.39 is 17.8 Å². The third-order valence-corrected chi connectivity index (χ3v) is 4.38. The van der Waals surface area contributed by atoms with E-state index in [-0.39, 0.29) is 45.5 Å². The van der Waals surface area contributed by atoms with E-state index in [1.807, 2.05) is 6.07 Å². The molecule has 0 fully saturated rings. The number of nitrogen functional groups attached to an aromatic ring is 1. The van der Waals surface area contributed by atoms with Gasteiger partial charge < -0.3 is 19.9 Å². The lowest BCUT2D eigenvalue weighted by Gasteiger charge is -2.08. The lowest BCUT2D eigenvalue weighted by molar-refractivity contribution is 0.0452. The number of esters is 2. The molecule has 26 heavy (non-hydrogen) atoms. The first-order chi connectivity index (χ1) is 12.4. The topological polar surface area (TPSA) is 112 Å². The van der Waals surface area contributed by atoms with Crippen LogP contribution < -0.4 is 10.5 Å². The Morgan fingerprint density at radius 3 is 2.62 bits per heavy atom. The number of hydrogen-bond acceptors (Lipinski definition) is 8. The van der Waals surface area contributed by atoms with Crippen molar-refractivity contribution in [1.82, 2.24) is 0 Å². The van der Waals surface area contributed by atoms with Crippen molar-refractivity contribution in [2.75, 3.05) is 19.5 Å². The highest BCUT2D eigenvalue weighted by Gasteiger charge is 2.24. The number of nitrogens with two attached hydrogens (primary N) is 1. The molecule has 0 unspecified atom stereocenters. The molecule has 0 atom stereocenters. The maximum atomic E-state index is 13.7. The maximum absolute atomic E-state index is 13.7. The molecule has 0 radical (unpaired) electrons. The average Bonchev–Trinajstić information content (AvgIpc) is 2.95. The van der Waals surface area contributed by atoms with Gasteiger partial charge in [0, 0.05) is 5.56 Å². The fourth-order valence-electron chi connectivity index (χ4n) is 2.12. The van der Waals surface area contributed by atoms with Crippen molar-refractivity contribution in [3.05, 3.63) is 45.6 Å². The van der Waals surface area contributed by atoms with Crippen molar-refractivity contribution < 1.29 is 28.2 Å². The molecule has 0 amide bonds. The van der Waals surface area contributed by atoms with Crippen LogP contribution in [0, 0.1) is 17.1 Å². The molecule has 0 saturated heterocycles. The molecule has 1 heterocycles. The lowest BCUT2D eigenvalue weighted by atomic mass is 10.1. The van der Waals surface area contributed by atoms with E-state index in [4.69, 9.17) is 19.9 Å². The third-order valence-electron chi connectivity index (χ3n) is 3.34. The van der Waals surface area contributed by atoms with Crippen LogP contribution in [0.2, 0.25) is 0 Å². The Morgan fingerprint density at radius 1 is 1.31 bits per heavy atom. The Labute approximate surface area is 152 Å². The number of carbonyl (C=O) groups is 2. The third kappa shape index (κ3) is 3.92. The molecule has 0 aliphatic rings. The molecule has 2 N–H and O–H groups in total. The van der Waals surface area contributed by atoms with E-state index in [0.717, 1.165) is 17.4 Å². The highest BCUT2D eigenvalue weighted by molar-refractivity contribution is 7.18. The van der Waals surface area contributed by atoms with Gasteiger partial charge in [-0.3, -0.25) is 0 Å². The minimum Gasteiger partial charge on any atom is -0.494 e. The van der Waals surface area contributed by atoms with Gasteiger partial charge in [-0.2, -0.15) is 5.26 Å². The highest BCUT2D eigenvalue weighted by Crippen LogP contribution is 2.32. The zero-order valence-corrected chi connectivity index (χ0v) is 14.8. The zero-order chi connectivity index (χ0) is 19.3. The van der Waals surface area contributed by atoms with Gasteiger partial charge in [0.05, 0.1) is 24.8 Å². The first kappa shape index (κ1) is 19.2. The molecule has 136 valence electrons. The summed E-state index contributed by atoms with van der Waals surface area (Å²) in [5, 5.41) is 9.34. The number of hydrogen-bond donors (Lipinski definition) is 1. The molecular weight excluding hydrogens is 363 g/mol. The van der Waals surface area contributed by atoms with Crippen LogP contribution in [0.4, 0.5) is 9.39 Å². The molecular formula is C17H15FN2O5S. The number of thiophene rings is 1. The van der Waals surface area contributed by atoms with Crippen LogP contribution in [0.3, 0.4) is 0 Å². The summed E-state index contributed by atoms with van der Waals surface area (Å²) >= 11 is 0.881. The fourth-order valence-corrected chi connectivity index (χ4v) is 3.04. The van der Waals surface area contributed by atoms with Crippen LogP contribution in [-0.2, 0) is 16.1 Å². The van der Waals surface area contributed by atoms with Crippen LogP contribution in [0.25, 0.3) is 0 Å². The summed E-state index contributed by atoms with van der Waals surface area (Å²) in [6.45, 7) is 1.40. The minimum atomic E-state index is -0.824. The van der Waals surface area contributed by atoms with Crippen molar-refractivity contribution in [3.8, 4) is 11.8 Å². The van der Waals surface area contributed by atoms with Crippen LogP contribution in [0.15, 0.2) is 18.2 Å². The zero-order valence-electron chi connectivity index (χ0n) is 14.0. The van der Waals surface area contributed by atoms with Gasteiger partial charge >= 0.3 is 11.9 Å². The number of methoxy groups -OCH3 is 1. The highest BCUT2D eigenvalue weighted by atomic mass is 32.1. The summed E-state index contributed by atoms with van der Waals surface area (Å²) in [6.07, 6.45) is 0. The first-order valence-corrected chi connectivity index (χ1v) is 8.23. The molecule has 9 heteroatoms. The van der Waals surface area contributed by atoms with E-state index >= 15 is 0 Å². The summed E-state index contributed by atoms with van der Waals surface area (Å²) in [5.41, 5.74) is 5.91.